The molecule has 1 aliphatic rings. The van der Waals surface area contributed by atoms with E-state index in [1.165, 1.54) is 0 Å². The Hall–Kier alpha value is -2.01. The average molecular weight is 657 g/mol. The number of hydrogen-bond donors (Lipinski definition) is 0. The molecule has 0 unspecified atom stereocenters. The van der Waals surface area contributed by atoms with E-state index in [0.717, 1.165) is 25.8 Å². The number of thioether (sulfide) groups is 1. The van der Waals surface area contributed by atoms with E-state index in [0.29, 0.717) is 43.8 Å². The number of nitrogens with zero attached hydrogens (tertiary/aromatic N) is 1. The second kappa shape index (κ2) is 10.5. The largest absolute Gasteiger partial charge is 0.493 e. The molecule has 0 aliphatic carbocycles. The summed E-state index contributed by atoms with van der Waals surface area (Å²) in [5.41, 5.74) is 2.20. The van der Waals surface area contributed by atoms with Crippen molar-refractivity contribution in [3.8, 4) is 11.5 Å². The van der Waals surface area contributed by atoms with Crippen LogP contribution in [-0.2, 0) is 11.4 Å². The van der Waals surface area contributed by atoms with E-state index in [1.807, 2.05) is 30.3 Å². The van der Waals surface area contributed by atoms with Crippen molar-refractivity contribution in [3.05, 3.63) is 89.8 Å². The van der Waals surface area contributed by atoms with Crippen LogP contribution in [0.4, 0.5) is 10.5 Å². The highest BCUT2D eigenvalue weighted by atomic mass is 127. The second-order valence-electron chi connectivity index (χ2n) is 6.94. The highest BCUT2D eigenvalue weighted by Crippen LogP contribution is 2.40. The number of carbonyl (C=O) groups excluding carboxylic acids is 2. The molecule has 168 valence electrons. The lowest BCUT2D eigenvalue weighted by atomic mass is 10.1. The lowest BCUT2D eigenvalue weighted by Crippen LogP contribution is -2.27. The van der Waals surface area contributed by atoms with Crippen molar-refractivity contribution in [2.45, 2.75) is 6.61 Å². The molecule has 4 rings (SSSR count). The van der Waals surface area contributed by atoms with Crippen LogP contribution in [0.5, 0.6) is 11.5 Å². The molecule has 0 saturated carbocycles. The summed E-state index contributed by atoms with van der Waals surface area (Å²) in [7, 11) is 1.55. The highest BCUT2D eigenvalue weighted by molar-refractivity contribution is 14.1. The minimum atomic E-state index is -0.388. The Bertz CT molecular complexity index is 1250. The van der Waals surface area contributed by atoms with Gasteiger partial charge in [0.05, 0.1) is 22.2 Å². The zero-order valence-corrected chi connectivity index (χ0v) is 22.5. The van der Waals surface area contributed by atoms with Gasteiger partial charge >= 0.3 is 0 Å². The van der Waals surface area contributed by atoms with Gasteiger partial charge in [-0.25, -0.2) is 4.90 Å². The molecule has 1 saturated heterocycles. The Morgan fingerprint density at radius 3 is 2.45 bits per heavy atom. The minimum Gasteiger partial charge on any atom is -0.493 e. The van der Waals surface area contributed by atoms with Crippen LogP contribution < -0.4 is 14.4 Å². The molecule has 1 heterocycles. The maximum atomic E-state index is 12.9. The van der Waals surface area contributed by atoms with Gasteiger partial charge in [-0.05, 0) is 116 Å². The van der Waals surface area contributed by atoms with Gasteiger partial charge in [-0.15, -0.1) is 0 Å². The number of ether oxygens (including phenoxy) is 2. The average Bonchev–Trinajstić information content (AvgIpc) is 3.07. The molecular weight excluding hydrogens is 641 g/mol. The van der Waals surface area contributed by atoms with Gasteiger partial charge in [-0.2, -0.15) is 0 Å². The molecule has 0 N–H and O–H groups in total. The molecular formula is C24H16BrClINO4S. The maximum absolute atomic E-state index is 12.9. The maximum Gasteiger partial charge on any atom is 0.298 e. The number of anilines is 1. The van der Waals surface area contributed by atoms with Crippen LogP contribution in [0.15, 0.2) is 70.0 Å². The highest BCUT2D eigenvalue weighted by Gasteiger charge is 2.36. The zero-order chi connectivity index (χ0) is 23.5. The molecule has 5 nitrogen and oxygen atoms in total. The second-order valence-corrected chi connectivity index (χ2v) is 10.5. The third-order valence-electron chi connectivity index (χ3n) is 4.72. The Morgan fingerprint density at radius 2 is 1.79 bits per heavy atom. The number of benzene rings is 3. The van der Waals surface area contributed by atoms with Crippen LogP contribution in [0.25, 0.3) is 6.08 Å². The fourth-order valence-electron chi connectivity index (χ4n) is 3.13. The number of amides is 2. The summed E-state index contributed by atoms with van der Waals surface area (Å²) < 4.78 is 13.3. The molecule has 3 aromatic carbocycles. The summed E-state index contributed by atoms with van der Waals surface area (Å²) in [6, 6.07) is 18.2. The van der Waals surface area contributed by atoms with Gasteiger partial charge in [-0.1, -0.05) is 23.7 Å². The number of rotatable bonds is 6. The Labute approximate surface area is 222 Å². The first-order valence-corrected chi connectivity index (χ1v) is 12.7. The Kier molecular flexibility index (Phi) is 7.68. The van der Waals surface area contributed by atoms with Crippen molar-refractivity contribution >= 4 is 84.8 Å². The third kappa shape index (κ3) is 5.56. The Balaban J connectivity index is 1.57. The standard InChI is InChI=1S/C24H16BrClINO4S/c1-31-20-11-15(10-19(25)22(20)32-13-14-2-6-17(27)7-3-14)12-21-23(29)28(24(30)33-21)18-8-4-16(26)5-9-18/h2-12H,13H2,1H3/b21-12+. The van der Waals surface area contributed by atoms with Crippen molar-refractivity contribution in [2.75, 3.05) is 12.0 Å². The molecule has 1 aliphatic heterocycles. The van der Waals surface area contributed by atoms with Crippen LogP contribution >= 0.6 is 61.9 Å². The number of carbonyl (C=O) groups is 2. The predicted molar refractivity (Wildman–Crippen MR) is 144 cm³/mol. The first-order chi connectivity index (χ1) is 15.9. The van der Waals surface area contributed by atoms with E-state index >= 15 is 0 Å². The molecule has 1 fully saturated rings. The first kappa shape index (κ1) is 24.1. The van der Waals surface area contributed by atoms with Crippen LogP contribution in [0, 0.1) is 3.57 Å². The summed E-state index contributed by atoms with van der Waals surface area (Å²) in [6.07, 6.45) is 1.66. The van der Waals surface area contributed by atoms with E-state index < -0.39 is 0 Å². The lowest BCUT2D eigenvalue weighted by Gasteiger charge is -2.14. The van der Waals surface area contributed by atoms with E-state index in [2.05, 4.69) is 38.5 Å². The number of imide groups is 1. The lowest BCUT2D eigenvalue weighted by molar-refractivity contribution is -0.113. The van der Waals surface area contributed by atoms with Crippen LogP contribution in [-0.4, -0.2) is 18.3 Å². The minimum absolute atomic E-state index is 0.316. The van der Waals surface area contributed by atoms with Gasteiger partial charge in [-0.3, -0.25) is 9.59 Å². The van der Waals surface area contributed by atoms with Gasteiger partial charge in [0.1, 0.15) is 6.61 Å². The molecule has 2 amide bonds. The first-order valence-electron chi connectivity index (χ1n) is 9.64. The van der Waals surface area contributed by atoms with E-state index in [-0.39, 0.29) is 11.1 Å². The van der Waals surface area contributed by atoms with Crippen molar-refractivity contribution in [1.29, 1.82) is 0 Å². The molecule has 3 aromatic rings. The summed E-state index contributed by atoms with van der Waals surface area (Å²) in [4.78, 5) is 26.9. The molecule has 0 radical (unpaired) electrons. The van der Waals surface area contributed by atoms with Gasteiger partial charge in [0.25, 0.3) is 11.1 Å². The van der Waals surface area contributed by atoms with Gasteiger partial charge in [0.15, 0.2) is 11.5 Å². The van der Waals surface area contributed by atoms with Crippen LogP contribution in [0.3, 0.4) is 0 Å². The smallest absolute Gasteiger partial charge is 0.298 e. The summed E-state index contributed by atoms with van der Waals surface area (Å²) >= 11 is 12.6. The molecule has 0 aromatic heterocycles. The summed E-state index contributed by atoms with van der Waals surface area (Å²) in [6.45, 7) is 0.380. The van der Waals surface area contributed by atoms with Crippen LogP contribution in [0.2, 0.25) is 5.02 Å². The van der Waals surface area contributed by atoms with Gasteiger partial charge < -0.3 is 9.47 Å². The third-order valence-corrected chi connectivity index (χ3v) is 7.15. The fraction of sp³-hybridized carbons (Fsp3) is 0.0833. The zero-order valence-electron chi connectivity index (χ0n) is 17.2. The fourth-order valence-corrected chi connectivity index (χ4v) is 5.03. The number of hydrogen-bond acceptors (Lipinski definition) is 5. The van der Waals surface area contributed by atoms with Crippen LogP contribution in [0.1, 0.15) is 11.1 Å². The summed E-state index contributed by atoms with van der Waals surface area (Å²) in [5, 5.41) is 0.166. The van der Waals surface area contributed by atoms with Crippen molar-refractivity contribution in [1.82, 2.24) is 0 Å². The quantitative estimate of drug-likeness (QED) is 0.203. The Morgan fingerprint density at radius 1 is 1.09 bits per heavy atom. The molecule has 33 heavy (non-hydrogen) atoms. The van der Waals surface area contributed by atoms with Crippen molar-refractivity contribution < 1.29 is 19.1 Å². The molecule has 0 atom stereocenters. The topological polar surface area (TPSA) is 55.8 Å². The normalized spacial score (nSPS) is 14.8. The molecule has 9 heteroatoms. The SMILES string of the molecule is COc1cc(/C=C2/SC(=O)N(c3ccc(Cl)cc3)C2=O)cc(Br)c1OCc1ccc(I)cc1. The molecule has 0 bridgehead atoms. The van der Waals surface area contributed by atoms with E-state index in [1.54, 1.807) is 43.5 Å². The molecule has 0 spiro atoms. The van der Waals surface area contributed by atoms with Crippen molar-refractivity contribution in [2.24, 2.45) is 0 Å². The van der Waals surface area contributed by atoms with E-state index in [9.17, 15) is 9.59 Å². The number of halogens is 3. The predicted octanol–water partition coefficient (Wildman–Crippen LogP) is 7.54. The summed E-state index contributed by atoms with van der Waals surface area (Å²) in [5.74, 6) is 0.682. The van der Waals surface area contributed by atoms with Gasteiger partial charge in [0.2, 0.25) is 0 Å². The monoisotopic (exact) mass is 655 g/mol. The number of methoxy groups -OCH3 is 1. The van der Waals surface area contributed by atoms with Gasteiger partial charge in [0, 0.05) is 8.59 Å². The van der Waals surface area contributed by atoms with Crippen molar-refractivity contribution in [3.63, 3.8) is 0 Å². The van der Waals surface area contributed by atoms with E-state index in [4.69, 9.17) is 21.1 Å².